The molecule has 0 aliphatic rings. The van der Waals surface area contributed by atoms with Gasteiger partial charge in [-0.3, -0.25) is 13.8 Å². The maximum absolute atomic E-state index is 12.5. The highest BCUT2D eigenvalue weighted by Gasteiger charge is 2.25. The second kappa shape index (κ2) is 35.5. The molecule has 0 aromatic heterocycles. The minimum atomic E-state index is -4.26. The number of rotatable bonds is 37. The summed E-state index contributed by atoms with van der Waals surface area (Å²) in [6.07, 6.45) is 35.0. The van der Waals surface area contributed by atoms with Gasteiger partial charge in [-0.2, -0.15) is 0 Å². The molecule has 0 radical (unpaired) electrons. The van der Waals surface area contributed by atoms with Gasteiger partial charge < -0.3 is 20.1 Å². The largest absolute Gasteiger partial charge is 0.472 e. The molecule has 0 rings (SSSR count). The van der Waals surface area contributed by atoms with Crippen molar-refractivity contribution in [1.29, 1.82) is 0 Å². The van der Waals surface area contributed by atoms with E-state index in [0.717, 1.165) is 44.9 Å². The van der Waals surface area contributed by atoms with Gasteiger partial charge in [-0.05, 0) is 38.5 Å². The Balaban J connectivity index is 4.06. The van der Waals surface area contributed by atoms with Gasteiger partial charge in [0.05, 0.1) is 19.8 Å². The Morgan fingerprint density at radius 1 is 0.630 bits per heavy atom. The monoisotopic (exact) mass is 676 g/mol. The number of phosphoric acid groups is 1. The zero-order valence-corrected chi connectivity index (χ0v) is 31.0. The van der Waals surface area contributed by atoms with Crippen molar-refractivity contribution in [2.24, 2.45) is 5.73 Å². The Kier molecular flexibility index (Phi) is 35.0. The van der Waals surface area contributed by atoms with E-state index in [9.17, 15) is 14.3 Å². The first-order valence-electron chi connectivity index (χ1n) is 19.2. The van der Waals surface area contributed by atoms with E-state index in [1.165, 1.54) is 116 Å². The van der Waals surface area contributed by atoms with Gasteiger partial charge in [0.2, 0.25) is 0 Å². The second-order valence-corrected chi connectivity index (χ2v) is 14.2. The fourth-order valence-corrected chi connectivity index (χ4v) is 6.11. The van der Waals surface area contributed by atoms with Gasteiger partial charge in [-0.25, -0.2) is 4.57 Å². The molecule has 0 fully saturated rings. The molecule has 0 aliphatic carbocycles. The molecule has 2 atom stereocenters. The fourth-order valence-electron chi connectivity index (χ4n) is 5.34. The first-order valence-corrected chi connectivity index (χ1v) is 20.7. The molecular weight excluding hydrogens is 601 g/mol. The average Bonchev–Trinajstić information content (AvgIpc) is 3.04. The standard InChI is InChI=1S/C37H74NO7P/c1-3-5-7-9-11-13-15-17-18-19-21-23-25-27-29-32-42-34-36(35-44-46(40,41)43-33-31-38)45-37(39)30-28-26-24-22-20-16-14-12-10-8-6-4-2/h12,14,36H,3-11,13,15-35,38H2,1-2H3,(H,40,41)/b14-12-. The van der Waals surface area contributed by atoms with Crippen LogP contribution in [0.1, 0.15) is 181 Å². The Bertz CT molecular complexity index is 722. The van der Waals surface area contributed by atoms with Gasteiger partial charge in [0.25, 0.3) is 0 Å². The van der Waals surface area contributed by atoms with Gasteiger partial charge in [-0.1, -0.05) is 148 Å². The molecule has 0 bridgehead atoms. The van der Waals surface area contributed by atoms with Crippen LogP contribution in [0.2, 0.25) is 0 Å². The van der Waals surface area contributed by atoms with Crippen molar-refractivity contribution < 1.29 is 32.8 Å². The molecule has 0 heterocycles. The fraction of sp³-hybridized carbons (Fsp3) is 0.919. The van der Waals surface area contributed by atoms with Crippen LogP contribution in [-0.4, -0.2) is 49.9 Å². The normalized spacial score (nSPS) is 13.7. The van der Waals surface area contributed by atoms with Gasteiger partial charge >= 0.3 is 13.8 Å². The van der Waals surface area contributed by atoms with Crippen molar-refractivity contribution in [3.8, 4) is 0 Å². The lowest BCUT2D eigenvalue weighted by atomic mass is 10.0. The number of carbonyl (C=O) groups excluding carboxylic acids is 1. The van der Waals surface area contributed by atoms with Gasteiger partial charge in [0, 0.05) is 19.6 Å². The first-order chi connectivity index (χ1) is 22.4. The summed E-state index contributed by atoms with van der Waals surface area (Å²) in [5.74, 6) is -0.338. The highest BCUT2D eigenvalue weighted by molar-refractivity contribution is 7.47. The molecule has 0 saturated carbocycles. The lowest BCUT2D eigenvalue weighted by Gasteiger charge is -2.20. The molecule has 274 valence electrons. The van der Waals surface area contributed by atoms with Crippen LogP contribution in [0.3, 0.4) is 0 Å². The smallest absolute Gasteiger partial charge is 0.457 e. The zero-order valence-electron chi connectivity index (χ0n) is 30.1. The molecule has 0 saturated heterocycles. The molecule has 0 aromatic rings. The first kappa shape index (κ1) is 45.2. The topological polar surface area (TPSA) is 117 Å². The Morgan fingerprint density at radius 3 is 1.63 bits per heavy atom. The molecule has 0 spiro atoms. The summed E-state index contributed by atoms with van der Waals surface area (Å²) >= 11 is 0. The van der Waals surface area contributed by atoms with Crippen LogP contribution in [0.15, 0.2) is 12.2 Å². The molecule has 0 aliphatic heterocycles. The number of hydrogen-bond acceptors (Lipinski definition) is 7. The van der Waals surface area contributed by atoms with Crippen LogP contribution in [0, 0.1) is 0 Å². The van der Waals surface area contributed by atoms with Crippen LogP contribution >= 0.6 is 7.82 Å². The van der Waals surface area contributed by atoms with E-state index >= 15 is 0 Å². The van der Waals surface area contributed by atoms with Crippen molar-refractivity contribution in [1.82, 2.24) is 0 Å². The predicted octanol–water partition coefficient (Wildman–Crippen LogP) is 10.7. The van der Waals surface area contributed by atoms with Crippen molar-refractivity contribution in [3.63, 3.8) is 0 Å². The summed E-state index contributed by atoms with van der Waals surface area (Å²) in [7, 11) is -4.26. The van der Waals surface area contributed by atoms with Crippen LogP contribution in [-0.2, 0) is 27.9 Å². The summed E-state index contributed by atoms with van der Waals surface area (Å²) in [6.45, 7) is 4.91. The number of phosphoric ester groups is 1. The molecule has 0 aromatic carbocycles. The van der Waals surface area contributed by atoms with E-state index in [1.54, 1.807) is 0 Å². The van der Waals surface area contributed by atoms with Crippen molar-refractivity contribution in [2.75, 3.05) is 33.0 Å². The number of allylic oxidation sites excluding steroid dienone is 2. The number of hydrogen-bond donors (Lipinski definition) is 2. The Labute approximate surface area is 283 Å². The third-order valence-electron chi connectivity index (χ3n) is 8.18. The quantitative estimate of drug-likeness (QED) is 0.0289. The van der Waals surface area contributed by atoms with E-state index < -0.39 is 13.9 Å². The van der Waals surface area contributed by atoms with Crippen molar-refractivity contribution in [3.05, 3.63) is 12.2 Å². The predicted molar refractivity (Wildman–Crippen MR) is 192 cm³/mol. The number of carbonyl (C=O) groups is 1. The third kappa shape index (κ3) is 34.6. The average molecular weight is 676 g/mol. The highest BCUT2D eigenvalue weighted by Crippen LogP contribution is 2.43. The van der Waals surface area contributed by atoms with E-state index in [2.05, 4.69) is 26.0 Å². The minimum absolute atomic E-state index is 0.0941. The second-order valence-electron chi connectivity index (χ2n) is 12.8. The Morgan fingerprint density at radius 2 is 1.09 bits per heavy atom. The number of unbranched alkanes of at least 4 members (excludes halogenated alkanes) is 22. The maximum Gasteiger partial charge on any atom is 0.472 e. The van der Waals surface area contributed by atoms with Gasteiger partial charge in [-0.15, -0.1) is 0 Å². The summed E-state index contributed by atoms with van der Waals surface area (Å²) in [4.78, 5) is 22.3. The van der Waals surface area contributed by atoms with E-state index in [-0.39, 0.29) is 32.3 Å². The molecule has 2 unspecified atom stereocenters. The number of nitrogens with two attached hydrogens (primary N) is 1. The maximum atomic E-state index is 12.5. The summed E-state index contributed by atoms with van der Waals surface area (Å²) in [5.41, 5.74) is 5.35. The van der Waals surface area contributed by atoms with Crippen LogP contribution < -0.4 is 5.73 Å². The van der Waals surface area contributed by atoms with E-state index in [0.29, 0.717) is 13.0 Å². The van der Waals surface area contributed by atoms with E-state index in [4.69, 9.17) is 24.3 Å². The van der Waals surface area contributed by atoms with Crippen molar-refractivity contribution >= 4 is 13.8 Å². The SMILES string of the molecule is CCCCC/C=C\CCCCCCCC(=O)OC(COCCCCCCCCCCCCCCCCC)COP(=O)(O)OCCN. The Hall–Kier alpha value is -0.760. The lowest BCUT2D eigenvalue weighted by molar-refractivity contribution is -0.154. The molecule has 9 heteroatoms. The molecule has 0 amide bonds. The van der Waals surface area contributed by atoms with Crippen molar-refractivity contribution in [2.45, 2.75) is 187 Å². The molecule has 8 nitrogen and oxygen atoms in total. The molecule has 46 heavy (non-hydrogen) atoms. The van der Waals surface area contributed by atoms with Gasteiger partial charge in [0.15, 0.2) is 0 Å². The molecule has 3 N–H and O–H groups in total. The van der Waals surface area contributed by atoms with E-state index in [1.807, 2.05) is 0 Å². The number of ether oxygens (including phenoxy) is 2. The third-order valence-corrected chi connectivity index (χ3v) is 9.17. The van der Waals surface area contributed by atoms with Crippen LogP contribution in [0.5, 0.6) is 0 Å². The molecular formula is C37H74NO7P. The van der Waals surface area contributed by atoms with Crippen LogP contribution in [0.4, 0.5) is 0 Å². The number of esters is 1. The highest BCUT2D eigenvalue weighted by atomic mass is 31.2. The summed E-state index contributed by atoms with van der Waals surface area (Å²) in [6, 6.07) is 0. The summed E-state index contributed by atoms with van der Waals surface area (Å²) < 4.78 is 33.3. The van der Waals surface area contributed by atoms with Crippen LogP contribution in [0.25, 0.3) is 0 Å². The minimum Gasteiger partial charge on any atom is -0.457 e. The van der Waals surface area contributed by atoms with Gasteiger partial charge in [0.1, 0.15) is 6.10 Å². The lowest BCUT2D eigenvalue weighted by Crippen LogP contribution is -2.28. The zero-order chi connectivity index (χ0) is 33.8. The summed E-state index contributed by atoms with van der Waals surface area (Å²) in [5, 5.41) is 0.